The highest BCUT2D eigenvalue weighted by molar-refractivity contribution is 5.93. The monoisotopic (exact) mass is 361 g/mol. The van der Waals surface area contributed by atoms with Crippen molar-refractivity contribution in [2.24, 2.45) is 11.5 Å². The number of carboxylic acid groups (broad SMARTS) is 1. The van der Waals surface area contributed by atoms with Gasteiger partial charge in [-0.15, -0.1) is 0 Å². The average molecular weight is 361 g/mol. The Kier molecular flexibility index (Phi) is 9.74. The van der Waals surface area contributed by atoms with Crippen LogP contribution >= 0.6 is 0 Å². The van der Waals surface area contributed by atoms with Gasteiger partial charge < -0.3 is 37.6 Å². The number of carbonyl (C=O) groups excluding carboxylic acids is 4. The van der Waals surface area contributed by atoms with E-state index in [4.69, 9.17) is 21.7 Å². The van der Waals surface area contributed by atoms with Gasteiger partial charge in [0.25, 0.3) is 0 Å². The number of aliphatic carboxylic acids is 1. The molecule has 25 heavy (non-hydrogen) atoms. The number of nitrogens with two attached hydrogens (primary N) is 2. The Balaban J connectivity index is 4.83. The summed E-state index contributed by atoms with van der Waals surface area (Å²) in [6.07, 6.45) is -0.360. The van der Waals surface area contributed by atoms with Crippen LogP contribution in [0.25, 0.3) is 0 Å². The Morgan fingerprint density at radius 2 is 1.64 bits per heavy atom. The molecule has 4 amide bonds. The van der Waals surface area contributed by atoms with Crippen LogP contribution in [0.15, 0.2) is 0 Å². The maximum absolute atomic E-state index is 12.2. The van der Waals surface area contributed by atoms with Crippen LogP contribution in [0.5, 0.6) is 0 Å². The summed E-state index contributed by atoms with van der Waals surface area (Å²) in [5, 5.41) is 23.9. The molecule has 0 spiro atoms. The molecule has 0 bridgehead atoms. The van der Waals surface area contributed by atoms with Crippen molar-refractivity contribution in [1.82, 2.24) is 16.0 Å². The molecule has 0 aliphatic heterocycles. The van der Waals surface area contributed by atoms with Crippen molar-refractivity contribution >= 4 is 29.6 Å². The zero-order chi connectivity index (χ0) is 19.6. The van der Waals surface area contributed by atoms with Gasteiger partial charge in [-0.05, 0) is 13.3 Å². The quantitative estimate of drug-likeness (QED) is 0.191. The first kappa shape index (κ1) is 22.3. The molecule has 0 fully saturated rings. The summed E-state index contributed by atoms with van der Waals surface area (Å²) in [5.74, 6) is -4.32. The molecular formula is C13H23N5O7. The molecule has 3 atom stereocenters. The van der Waals surface area contributed by atoms with E-state index in [1.54, 1.807) is 0 Å². The summed E-state index contributed by atoms with van der Waals surface area (Å²) in [5.41, 5.74) is 10.3. The molecule has 12 heteroatoms. The molecule has 142 valence electrons. The summed E-state index contributed by atoms with van der Waals surface area (Å²) < 4.78 is 0. The Labute approximate surface area is 143 Å². The van der Waals surface area contributed by atoms with Gasteiger partial charge in [0, 0.05) is 6.42 Å². The SMILES string of the molecule is CC(NC(=O)C(CCC(N)=O)NC(=O)C(N)CO)C(=O)NCC(=O)O. The molecular weight excluding hydrogens is 338 g/mol. The second kappa shape index (κ2) is 10.9. The van der Waals surface area contributed by atoms with Crippen LogP contribution in [0.3, 0.4) is 0 Å². The minimum Gasteiger partial charge on any atom is -0.480 e. The second-order valence-corrected chi connectivity index (χ2v) is 5.20. The van der Waals surface area contributed by atoms with E-state index in [0.717, 1.165) is 0 Å². The van der Waals surface area contributed by atoms with E-state index in [-0.39, 0.29) is 12.8 Å². The van der Waals surface area contributed by atoms with Crippen molar-refractivity contribution in [3.63, 3.8) is 0 Å². The maximum Gasteiger partial charge on any atom is 0.322 e. The third kappa shape index (κ3) is 9.22. The van der Waals surface area contributed by atoms with Gasteiger partial charge in [-0.25, -0.2) is 0 Å². The number of hydrogen-bond acceptors (Lipinski definition) is 7. The summed E-state index contributed by atoms with van der Waals surface area (Å²) in [4.78, 5) is 56.8. The van der Waals surface area contributed by atoms with E-state index in [1.807, 2.05) is 0 Å². The average Bonchev–Trinajstić information content (AvgIpc) is 2.54. The maximum atomic E-state index is 12.2. The van der Waals surface area contributed by atoms with E-state index in [2.05, 4.69) is 16.0 Å². The van der Waals surface area contributed by atoms with Gasteiger partial charge in [-0.2, -0.15) is 0 Å². The second-order valence-electron chi connectivity index (χ2n) is 5.20. The van der Waals surface area contributed by atoms with Crippen molar-refractivity contribution in [3.05, 3.63) is 0 Å². The fraction of sp³-hybridized carbons (Fsp3) is 0.615. The molecule has 0 aromatic heterocycles. The third-order valence-corrected chi connectivity index (χ3v) is 3.01. The van der Waals surface area contributed by atoms with Crippen LogP contribution in [0, 0.1) is 0 Å². The van der Waals surface area contributed by atoms with Crippen molar-refractivity contribution in [2.45, 2.75) is 37.9 Å². The van der Waals surface area contributed by atoms with E-state index in [1.165, 1.54) is 6.92 Å². The number of rotatable bonds is 11. The number of hydrogen-bond donors (Lipinski definition) is 7. The molecule has 0 aromatic carbocycles. The van der Waals surface area contributed by atoms with Gasteiger partial charge in [0.1, 0.15) is 24.7 Å². The van der Waals surface area contributed by atoms with Crippen molar-refractivity contribution in [1.29, 1.82) is 0 Å². The Morgan fingerprint density at radius 3 is 2.12 bits per heavy atom. The van der Waals surface area contributed by atoms with Gasteiger partial charge in [-0.3, -0.25) is 24.0 Å². The van der Waals surface area contributed by atoms with Crippen LogP contribution in [0.4, 0.5) is 0 Å². The van der Waals surface area contributed by atoms with Crippen LogP contribution in [-0.4, -0.2) is 71.1 Å². The van der Waals surface area contributed by atoms with Crippen molar-refractivity contribution in [3.8, 4) is 0 Å². The molecule has 0 aliphatic carbocycles. The summed E-state index contributed by atoms with van der Waals surface area (Å²) in [6, 6.07) is -3.57. The Bertz CT molecular complexity index is 525. The molecule has 0 rings (SSSR count). The lowest BCUT2D eigenvalue weighted by molar-refractivity contribution is -0.138. The highest BCUT2D eigenvalue weighted by Crippen LogP contribution is 1.99. The number of primary amides is 1. The smallest absolute Gasteiger partial charge is 0.322 e. The number of carbonyl (C=O) groups is 5. The molecule has 0 heterocycles. The van der Waals surface area contributed by atoms with E-state index < -0.39 is 60.9 Å². The van der Waals surface area contributed by atoms with Gasteiger partial charge in [0.15, 0.2) is 0 Å². The highest BCUT2D eigenvalue weighted by Gasteiger charge is 2.26. The van der Waals surface area contributed by atoms with Gasteiger partial charge in [0.2, 0.25) is 23.6 Å². The van der Waals surface area contributed by atoms with Crippen LogP contribution < -0.4 is 27.4 Å². The Morgan fingerprint density at radius 1 is 1.04 bits per heavy atom. The molecule has 0 aliphatic rings. The number of carboxylic acids is 1. The molecule has 12 nitrogen and oxygen atoms in total. The van der Waals surface area contributed by atoms with Crippen molar-refractivity contribution < 1.29 is 34.2 Å². The summed E-state index contributed by atoms with van der Waals surface area (Å²) in [6.45, 7) is 0.0394. The minimum atomic E-state index is -1.26. The molecule has 0 radical (unpaired) electrons. The van der Waals surface area contributed by atoms with Crippen molar-refractivity contribution in [2.75, 3.05) is 13.2 Å². The van der Waals surface area contributed by atoms with Crippen LogP contribution in [-0.2, 0) is 24.0 Å². The van der Waals surface area contributed by atoms with Crippen LogP contribution in [0.1, 0.15) is 19.8 Å². The standard InChI is InChI=1S/C13H23N5O7/c1-6(11(23)16-4-10(21)22)17-13(25)8(2-3-9(15)20)18-12(24)7(14)5-19/h6-8,19H,2-5,14H2,1H3,(H2,15,20)(H,16,23)(H,17,25)(H,18,24)(H,21,22). The van der Waals surface area contributed by atoms with Gasteiger partial charge in [0.05, 0.1) is 6.61 Å². The predicted molar refractivity (Wildman–Crippen MR) is 83.7 cm³/mol. The fourth-order valence-corrected chi connectivity index (χ4v) is 1.61. The molecule has 9 N–H and O–H groups in total. The lowest BCUT2D eigenvalue weighted by atomic mass is 10.1. The van der Waals surface area contributed by atoms with E-state index >= 15 is 0 Å². The van der Waals surface area contributed by atoms with Gasteiger partial charge in [-0.1, -0.05) is 0 Å². The number of aliphatic hydroxyl groups excluding tert-OH is 1. The minimum absolute atomic E-state index is 0.144. The lowest BCUT2D eigenvalue weighted by Crippen LogP contribution is -2.55. The zero-order valence-electron chi connectivity index (χ0n) is 13.7. The first-order valence-electron chi connectivity index (χ1n) is 7.33. The Hall–Kier alpha value is -2.73. The largest absolute Gasteiger partial charge is 0.480 e. The molecule has 3 unspecified atom stereocenters. The third-order valence-electron chi connectivity index (χ3n) is 3.01. The highest BCUT2D eigenvalue weighted by atomic mass is 16.4. The summed E-state index contributed by atoms with van der Waals surface area (Å²) >= 11 is 0. The fourth-order valence-electron chi connectivity index (χ4n) is 1.61. The molecule has 0 saturated carbocycles. The number of aliphatic hydroxyl groups is 1. The zero-order valence-corrected chi connectivity index (χ0v) is 13.7. The lowest BCUT2D eigenvalue weighted by Gasteiger charge is -2.21. The molecule has 0 aromatic rings. The normalized spacial score (nSPS) is 13.9. The number of nitrogens with one attached hydrogen (secondary N) is 3. The molecule has 0 saturated heterocycles. The topological polar surface area (TPSA) is 214 Å². The first-order valence-corrected chi connectivity index (χ1v) is 7.33. The van der Waals surface area contributed by atoms with Gasteiger partial charge >= 0.3 is 5.97 Å². The first-order chi connectivity index (χ1) is 11.6. The summed E-state index contributed by atoms with van der Waals surface area (Å²) in [7, 11) is 0. The van der Waals surface area contributed by atoms with Crippen LogP contribution in [0.2, 0.25) is 0 Å². The van der Waals surface area contributed by atoms with E-state index in [9.17, 15) is 24.0 Å². The van der Waals surface area contributed by atoms with E-state index in [0.29, 0.717) is 0 Å². The number of amides is 4. The predicted octanol–water partition coefficient (Wildman–Crippen LogP) is -4.24.